The van der Waals surface area contributed by atoms with Crippen LogP contribution in [0.5, 0.6) is 11.5 Å². The first-order chi connectivity index (χ1) is 16.7. The number of ether oxygens (including phenoxy) is 2. The molecular weight excluding hydrogens is 422 g/mol. The maximum Gasteiger partial charge on any atom is 0.160 e. The minimum atomic E-state index is 0.700. The highest BCUT2D eigenvalue weighted by Gasteiger charge is 2.17. The first kappa shape index (κ1) is 24.3. The number of nitrogens with zero attached hydrogens (tertiary/aromatic N) is 3. The van der Waals surface area contributed by atoms with Gasteiger partial charge in [-0.3, -0.25) is 0 Å². The van der Waals surface area contributed by atoms with E-state index >= 15 is 0 Å². The molecule has 2 aromatic heterocycles. The van der Waals surface area contributed by atoms with Gasteiger partial charge in [-0.05, 0) is 31.0 Å². The second-order valence-corrected chi connectivity index (χ2v) is 9.26. The average molecular weight is 462 g/mol. The van der Waals surface area contributed by atoms with Crippen molar-refractivity contribution in [2.45, 2.75) is 78.1 Å². The van der Waals surface area contributed by atoms with Gasteiger partial charge >= 0.3 is 0 Å². The summed E-state index contributed by atoms with van der Waals surface area (Å²) in [6.07, 6.45) is 12.1. The molecule has 0 saturated heterocycles. The van der Waals surface area contributed by atoms with Crippen LogP contribution < -0.4 is 9.47 Å². The van der Waals surface area contributed by atoms with Crippen LogP contribution in [0.25, 0.3) is 33.1 Å². The largest absolute Gasteiger partial charge is 0.491 e. The van der Waals surface area contributed by atoms with Gasteiger partial charge in [-0.15, -0.1) is 0 Å². The average Bonchev–Trinajstić information content (AvgIpc) is 3.14. The van der Waals surface area contributed by atoms with Crippen molar-refractivity contribution in [3.05, 3.63) is 36.4 Å². The van der Waals surface area contributed by atoms with Crippen LogP contribution in [0.2, 0.25) is 0 Å². The molecule has 0 saturated carbocycles. The summed E-state index contributed by atoms with van der Waals surface area (Å²) < 4.78 is 14.6. The van der Waals surface area contributed by atoms with Crippen molar-refractivity contribution in [1.29, 1.82) is 0 Å². The molecule has 0 bridgehead atoms. The van der Waals surface area contributed by atoms with E-state index < -0.39 is 0 Å². The number of fused-ring (bicyclic) bond motifs is 4. The highest BCUT2D eigenvalue weighted by molar-refractivity contribution is 6.07. The lowest BCUT2D eigenvalue weighted by molar-refractivity contribution is 0.300. The normalized spacial score (nSPS) is 11.6. The fourth-order valence-corrected chi connectivity index (χ4v) is 4.58. The second kappa shape index (κ2) is 12.0. The zero-order valence-electron chi connectivity index (χ0n) is 21.1. The van der Waals surface area contributed by atoms with Crippen molar-refractivity contribution in [3.63, 3.8) is 0 Å². The minimum Gasteiger partial charge on any atom is -0.491 e. The zero-order chi connectivity index (χ0) is 23.8. The van der Waals surface area contributed by atoms with E-state index in [2.05, 4.69) is 49.7 Å². The molecule has 182 valence electrons. The van der Waals surface area contributed by atoms with Crippen LogP contribution >= 0.6 is 0 Å². The molecular formula is C29H39N3O2. The van der Waals surface area contributed by atoms with Crippen LogP contribution in [-0.4, -0.2) is 27.7 Å². The lowest BCUT2D eigenvalue weighted by Crippen LogP contribution is -2.03. The van der Waals surface area contributed by atoms with Crippen molar-refractivity contribution in [1.82, 2.24) is 14.5 Å². The smallest absolute Gasteiger partial charge is 0.160 e. The Morgan fingerprint density at radius 2 is 1.21 bits per heavy atom. The summed E-state index contributed by atoms with van der Waals surface area (Å²) in [7, 11) is 2.05. The van der Waals surface area contributed by atoms with Crippen LogP contribution in [0, 0.1) is 0 Å². The number of benzene rings is 2. The maximum absolute atomic E-state index is 6.23. The third-order valence-corrected chi connectivity index (χ3v) is 6.58. The van der Waals surface area contributed by atoms with Crippen LogP contribution in [0.15, 0.2) is 36.4 Å². The molecule has 2 aromatic carbocycles. The van der Waals surface area contributed by atoms with Crippen molar-refractivity contribution < 1.29 is 9.47 Å². The van der Waals surface area contributed by atoms with E-state index in [0.717, 1.165) is 57.4 Å². The molecule has 0 aliphatic rings. The van der Waals surface area contributed by atoms with Crippen LogP contribution in [0.3, 0.4) is 0 Å². The molecule has 2 heterocycles. The topological polar surface area (TPSA) is 49.2 Å². The number of rotatable bonds is 14. The number of hydrogen-bond donors (Lipinski definition) is 0. The Bertz CT molecular complexity index is 1210. The Kier molecular flexibility index (Phi) is 8.62. The van der Waals surface area contributed by atoms with Gasteiger partial charge in [0.25, 0.3) is 0 Å². The quantitative estimate of drug-likeness (QED) is 0.179. The lowest BCUT2D eigenvalue weighted by atomic mass is 10.1. The fraction of sp³-hybridized carbons (Fsp3) is 0.517. The van der Waals surface area contributed by atoms with Gasteiger partial charge < -0.3 is 14.0 Å². The van der Waals surface area contributed by atoms with Gasteiger partial charge in [0.15, 0.2) is 5.65 Å². The molecule has 5 heteroatoms. The first-order valence-electron chi connectivity index (χ1n) is 13.2. The summed E-state index contributed by atoms with van der Waals surface area (Å²) in [5.41, 5.74) is 4.49. The Balaban J connectivity index is 1.64. The van der Waals surface area contributed by atoms with Crippen LogP contribution in [0.1, 0.15) is 78.1 Å². The fourth-order valence-electron chi connectivity index (χ4n) is 4.58. The summed E-state index contributed by atoms with van der Waals surface area (Å²) >= 11 is 0. The third-order valence-electron chi connectivity index (χ3n) is 6.58. The van der Waals surface area contributed by atoms with Crippen molar-refractivity contribution in [2.75, 3.05) is 13.2 Å². The third kappa shape index (κ3) is 5.45. The Morgan fingerprint density at radius 1 is 0.647 bits per heavy atom. The Morgan fingerprint density at radius 3 is 1.82 bits per heavy atom. The van der Waals surface area contributed by atoms with E-state index in [0.29, 0.717) is 13.2 Å². The van der Waals surface area contributed by atoms with Crippen LogP contribution in [0.4, 0.5) is 0 Å². The summed E-state index contributed by atoms with van der Waals surface area (Å²) in [5.74, 6) is 1.59. The highest BCUT2D eigenvalue weighted by Crippen LogP contribution is 2.35. The summed E-state index contributed by atoms with van der Waals surface area (Å²) in [6.45, 7) is 5.88. The van der Waals surface area contributed by atoms with Gasteiger partial charge in [-0.25, -0.2) is 9.97 Å². The highest BCUT2D eigenvalue weighted by atomic mass is 16.5. The molecule has 0 aliphatic heterocycles. The monoisotopic (exact) mass is 461 g/mol. The number of para-hydroxylation sites is 1. The molecule has 34 heavy (non-hydrogen) atoms. The maximum atomic E-state index is 6.23. The van der Waals surface area contributed by atoms with E-state index in [9.17, 15) is 0 Å². The number of aryl methyl sites for hydroxylation is 1. The minimum absolute atomic E-state index is 0.700. The summed E-state index contributed by atoms with van der Waals surface area (Å²) in [4.78, 5) is 10.2. The Hall–Kier alpha value is -2.82. The molecule has 0 radical (unpaired) electrons. The van der Waals surface area contributed by atoms with Crippen molar-refractivity contribution in [3.8, 4) is 11.5 Å². The van der Waals surface area contributed by atoms with Crippen molar-refractivity contribution >= 4 is 33.1 Å². The predicted octanol–water partition coefficient (Wildman–Crippen LogP) is 7.97. The molecule has 4 rings (SSSR count). The van der Waals surface area contributed by atoms with E-state index in [1.807, 2.05) is 12.1 Å². The summed E-state index contributed by atoms with van der Waals surface area (Å²) in [6, 6.07) is 12.4. The zero-order valence-corrected chi connectivity index (χ0v) is 21.1. The van der Waals surface area contributed by atoms with Crippen molar-refractivity contribution in [2.24, 2.45) is 7.05 Å². The van der Waals surface area contributed by atoms with Gasteiger partial charge in [-0.1, -0.05) is 83.4 Å². The van der Waals surface area contributed by atoms with Gasteiger partial charge in [0.2, 0.25) is 0 Å². The molecule has 0 atom stereocenters. The molecule has 0 aliphatic carbocycles. The van der Waals surface area contributed by atoms with E-state index in [4.69, 9.17) is 19.4 Å². The molecule has 0 amide bonds. The first-order valence-corrected chi connectivity index (χ1v) is 13.2. The van der Waals surface area contributed by atoms with E-state index in [-0.39, 0.29) is 0 Å². The predicted molar refractivity (Wildman–Crippen MR) is 142 cm³/mol. The SMILES string of the molecule is CCCCCCCOc1ccc(OCCCCCCC)c2nc3c(nc12)c1ccccc1n3C. The number of hydrogen-bond acceptors (Lipinski definition) is 4. The molecule has 0 N–H and O–H groups in total. The van der Waals surface area contributed by atoms with E-state index in [1.165, 1.54) is 51.4 Å². The van der Waals surface area contributed by atoms with E-state index in [1.54, 1.807) is 0 Å². The van der Waals surface area contributed by atoms with Gasteiger partial charge in [0, 0.05) is 12.4 Å². The lowest BCUT2D eigenvalue weighted by Gasteiger charge is -2.13. The standard InChI is InChI=1S/C29H39N3O2/c1-4-6-8-10-14-20-33-24-18-19-25(34-21-15-11-9-7-5-2)28-27(24)30-26-22-16-12-13-17-23(22)32(3)29(26)31-28/h12-13,16-19H,4-11,14-15,20-21H2,1-3H3. The van der Waals surface area contributed by atoms with Crippen LogP contribution in [-0.2, 0) is 7.05 Å². The number of aromatic nitrogens is 3. The van der Waals surface area contributed by atoms with Gasteiger partial charge in [-0.2, -0.15) is 0 Å². The second-order valence-electron chi connectivity index (χ2n) is 9.26. The summed E-state index contributed by atoms with van der Waals surface area (Å²) in [5, 5.41) is 1.11. The number of unbranched alkanes of at least 4 members (excludes halogenated alkanes) is 8. The molecule has 5 nitrogen and oxygen atoms in total. The Labute approximate surface area is 203 Å². The molecule has 0 spiro atoms. The molecule has 0 fully saturated rings. The van der Waals surface area contributed by atoms with Gasteiger partial charge in [0.05, 0.1) is 18.7 Å². The van der Waals surface area contributed by atoms with Gasteiger partial charge in [0.1, 0.15) is 28.0 Å². The molecule has 4 aromatic rings. The molecule has 0 unspecified atom stereocenters.